The summed E-state index contributed by atoms with van der Waals surface area (Å²) >= 11 is 2.30. The molecule has 2 rings (SSSR count). The first kappa shape index (κ1) is 9.37. The Morgan fingerprint density at radius 2 is 2.07 bits per heavy atom. The lowest BCUT2D eigenvalue weighted by Crippen LogP contribution is -1.98. The van der Waals surface area contributed by atoms with Gasteiger partial charge < -0.3 is 0 Å². The Balaban J connectivity index is 2.46. The van der Waals surface area contributed by atoms with Crippen LogP contribution < -0.4 is 0 Å². The highest BCUT2D eigenvalue weighted by Gasteiger charge is 2.03. The summed E-state index contributed by atoms with van der Waals surface area (Å²) in [6, 6.07) is 8.12. The minimum Gasteiger partial charge on any atom is -0.246 e. The van der Waals surface area contributed by atoms with Crippen molar-refractivity contribution in [3.63, 3.8) is 0 Å². The third-order valence-electron chi connectivity index (χ3n) is 1.79. The SMILES string of the molecule is Ic1ccccc1C1=NC=C=NC=C1. The molecule has 1 aromatic carbocycles. The average Bonchev–Trinajstić information content (AvgIpc) is 2.47. The van der Waals surface area contributed by atoms with Crippen molar-refractivity contribution in [3.05, 3.63) is 51.9 Å². The maximum absolute atomic E-state index is 4.25. The molecule has 0 bridgehead atoms. The van der Waals surface area contributed by atoms with Crippen molar-refractivity contribution in [3.8, 4) is 0 Å². The number of allylic oxidation sites excluding steroid dienone is 1. The first-order chi connectivity index (χ1) is 6.88. The van der Waals surface area contributed by atoms with Crippen LogP contribution in [0, 0.1) is 3.57 Å². The molecule has 14 heavy (non-hydrogen) atoms. The minimum absolute atomic E-state index is 0.920. The normalized spacial score (nSPS) is 13.9. The summed E-state index contributed by atoms with van der Waals surface area (Å²) in [4.78, 5) is 8.12. The molecule has 0 amide bonds. The van der Waals surface area contributed by atoms with Gasteiger partial charge in [0.1, 0.15) is 0 Å². The molecule has 1 aromatic rings. The topological polar surface area (TPSA) is 24.7 Å². The van der Waals surface area contributed by atoms with Crippen molar-refractivity contribution in [2.24, 2.45) is 9.98 Å². The third-order valence-corrected chi connectivity index (χ3v) is 2.73. The highest BCUT2D eigenvalue weighted by molar-refractivity contribution is 14.1. The van der Waals surface area contributed by atoms with Gasteiger partial charge in [0, 0.05) is 21.2 Å². The quantitative estimate of drug-likeness (QED) is 0.712. The molecule has 1 aliphatic heterocycles. The van der Waals surface area contributed by atoms with Crippen LogP contribution in [0.5, 0.6) is 0 Å². The van der Waals surface area contributed by atoms with Crippen LogP contribution >= 0.6 is 22.6 Å². The zero-order valence-electron chi connectivity index (χ0n) is 7.31. The summed E-state index contributed by atoms with van der Waals surface area (Å²) in [6.07, 6.45) is 5.16. The number of halogens is 1. The summed E-state index contributed by atoms with van der Waals surface area (Å²) in [5.41, 5.74) is 2.04. The van der Waals surface area contributed by atoms with Gasteiger partial charge in [0.25, 0.3) is 0 Å². The molecular formula is C11H7IN2. The van der Waals surface area contributed by atoms with Crippen LogP contribution in [-0.4, -0.2) is 11.6 Å². The predicted octanol–water partition coefficient (Wildman–Crippen LogP) is 2.79. The van der Waals surface area contributed by atoms with Crippen molar-refractivity contribution >= 4 is 34.2 Å². The van der Waals surface area contributed by atoms with Crippen molar-refractivity contribution in [2.75, 3.05) is 0 Å². The van der Waals surface area contributed by atoms with Gasteiger partial charge in [-0.25, -0.2) is 9.98 Å². The Morgan fingerprint density at radius 1 is 1.21 bits per heavy atom. The van der Waals surface area contributed by atoms with E-state index < -0.39 is 0 Å². The Bertz CT molecular complexity index is 466. The molecule has 0 radical (unpaired) electrons. The molecular weight excluding hydrogens is 287 g/mol. The fraction of sp³-hybridized carbons (Fsp3) is 0. The van der Waals surface area contributed by atoms with Gasteiger partial charge in [-0.2, -0.15) is 0 Å². The Hall–Kier alpha value is -1.19. The monoisotopic (exact) mass is 294 g/mol. The zero-order valence-corrected chi connectivity index (χ0v) is 9.47. The summed E-state index contributed by atoms with van der Waals surface area (Å²) < 4.78 is 1.18. The van der Waals surface area contributed by atoms with Gasteiger partial charge in [0.05, 0.1) is 11.9 Å². The number of rotatable bonds is 1. The largest absolute Gasteiger partial charge is 0.246 e. The Kier molecular flexibility index (Phi) is 2.91. The summed E-state index contributed by atoms with van der Waals surface area (Å²) in [5, 5.41) is 0. The second-order valence-corrected chi connectivity index (χ2v) is 3.86. The standard InChI is InChI=1S/C11H7IN2/c12-10-4-2-1-3-9(10)11-5-6-13-7-8-14-11/h1-6,8H. The molecule has 0 aromatic heterocycles. The molecule has 0 fully saturated rings. The van der Waals surface area contributed by atoms with Crippen LogP contribution in [0.3, 0.4) is 0 Å². The molecule has 0 atom stereocenters. The van der Waals surface area contributed by atoms with Crippen LogP contribution in [-0.2, 0) is 0 Å². The van der Waals surface area contributed by atoms with Crippen LogP contribution in [0.15, 0.2) is 52.7 Å². The molecule has 3 heteroatoms. The fourth-order valence-corrected chi connectivity index (χ4v) is 1.82. The van der Waals surface area contributed by atoms with Crippen molar-refractivity contribution in [2.45, 2.75) is 0 Å². The number of hydrogen-bond acceptors (Lipinski definition) is 2. The Labute approximate surface area is 95.9 Å². The van der Waals surface area contributed by atoms with E-state index in [4.69, 9.17) is 0 Å². The number of aliphatic imine (C=N–C) groups is 2. The fourth-order valence-electron chi connectivity index (χ4n) is 1.15. The molecule has 68 valence electrons. The van der Waals surface area contributed by atoms with Crippen LogP contribution in [0.25, 0.3) is 0 Å². The minimum atomic E-state index is 0.920. The maximum atomic E-state index is 4.25. The lowest BCUT2D eigenvalue weighted by Gasteiger charge is -2.01. The maximum Gasteiger partial charge on any atom is 0.0889 e. The molecule has 2 nitrogen and oxygen atoms in total. The van der Waals surface area contributed by atoms with Gasteiger partial charge in [0.2, 0.25) is 0 Å². The van der Waals surface area contributed by atoms with Crippen LogP contribution in [0.2, 0.25) is 0 Å². The second-order valence-electron chi connectivity index (χ2n) is 2.70. The van der Waals surface area contributed by atoms with Crippen LogP contribution in [0.1, 0.15) is 5.56 Å². The number of benzene rings is 1. The number of nitrogens with zero attached hydrogens (tertiary/aromatic N) is 2. The Morgan fingerprint density at radius 3 is 2.93 bits per heavy atom. The molecule has 0 unspecified atom stereocenters. The van der Waals surface area contributed by atoms with Gasteiger partial charge in [-0.05, 0) is 34.7 Å². The van der Waals surface area contributed by atoms with E-state index in [1.54, 1.807) is 12.4 Å². The molecule has 1 heterocycles. The van der Waals surface area contributed by atoms with E-state index in [0.717, 1.165) is 11.3 Å². The summed E-state index contributed by atoms with van der Waals surface area (Å²) in [5.74, 6) is 2.69. The molecule has 0 spiro atoms. The van der Waals surface area contributed by atoms with E-state index in [-0.39, 0.29) is 0 Å². The van der Waals surface area contributed by atoms with E-state index in [9.17, 15) is 0 Å². The van der Waals surface area contributed by atoms with Crippen molar-refractivity contribution in [1.82, 2.24) is 0 Å². The first-order valence-corrected chi connectivity index (χ1v) is 5.22. The van der Waals surface area contributed by atoms with Gasteiger partial charge in [-0.1, -0.05) is 18.2 Å². The summed E-state index contributed by atoms with van der Waals surface area (Å²) in [7, 11) is 0. The van der Waals surface area contributed by atoms with Crippen molar-refractivity contribution in [1.29, 1.82) is 0 Å². The highest BCUT2D eigenvalue weighted by Crippen LogP contribution is 2.13. The zero-order chi connectivity index (χ0) is 9.80. The van der Waals surface area contributed by atoms with Crippen LogP contribution in [0.4, 0.5) is 0 Å². The molecule has 0 saturated carbocycles. The van der Waals surface area contributed by atoms with E-state index in [1.807, 2.05) is 24.3 Å². The molecule has 1 aliphatic rings. The second kappa shape index (κ2) is 4.35. The van der Waals surface area contributed by atoms with E-state index in [0.29, 0.717) is 0 Å². The highest BCUT2D eigenvalue weighted by atomic mass is 127. The molecule has 0 saturated heterocycles. The van der Waals surface area contributed by atoms with E-state index in [1.165, 1.54) is 3.57 Å². The van der Waals surface area contributed by atoms with Gasteiger partial charge in [0.15, 0.2) is 0 Å². The predicted molar refractivity (Wildman–Crippen MR) is 66.8 cm³/mol. The van der Waals surface area contributed by atoms with Gasteiger partial charge in [-0.15, -0.1) is 0 Å². The van der Waals surface area contributed by atoms with Crippen molar-refractivity contribution < 1.29 is 0 Å². The van der Waals surface area contributed by atoms with Gasteiger partial charge in [-0.3, -0.25) is 0 Å². The van der Waals surface area contributed by atoms with E-state index in [2.05, 4.69) is 44.5 Å². The first-order valence-electron chi connectivity index (χ1n) is 4.14. The number of hydrogen-bond donors (Lipinski definition) is 0. The molecule has 0 aliphatic carbocycles. The molecule has 0 N–H and O–H groups in total. The summed E-state index contributed by atoms with van der Waals surface area (Å²) in [6.45, 7) is 0. The lowest BCUT2D eigenvalue weighted by molar-refractivity contribution is 1.53. The average molecular weight is 294 g/mol. The third kappa shape index (κ3) is 2.00. The van der Waals surface area contributed by atoms with Gasteiger partial charge >= 0.3 is 0 Å². The van der Waals surface area contributed by atoms with E-state index >= 15 is 0 Å². The lowest BCUT2D eigenvalue weighted by atomic mass is 10.1. The smallest absolute Gasteiger partial charge is 0.0889 e.